The fourth-order valence-electron chi connectivity index (χ4n) is 1.65. The highest BCUT2D eigenvalue weighted by Crippen LogP contribution is 2.23. The summed E-state index contributed by atoms with van der Waals surface area (Å²) in [5, 5.41) is 14.6. The van der Waals surface area contributed by atoms with Gasteiger partial charge < -0.3 is 5.32 Å². The van der Waals surface area contributed by atoms with E-state index in [4.69, 9.17) is 11.6 Å². The van der Waals surface area contributed by atoms with Crippen molar-refractivity contribution in [2.75, 3.05) is 11.5 Å². The zero-order valence-corrected chi connectivity index (χ0v) is 12.8. The van der Waals surface area contributed by atoms with E-state index in [1.807, 2.05) is 11.8 Å². The molecule has 0 fully saturated rings. The summed E-state index contributed by atoms with van der Waals surface area (Å²) in [6.45, 7) is 4.73. The Labute approximate surface area is 123 Å². The third kappa shape index (κ3) is 5.80. The summed E-state index contributed by atoms with van der Waals surface area (Å²) >= 11 is 7.68. The molecule has 106 valence electrons. The van der Waals surface area contributed by atoms with Gasteiger partial charge in [-0.2, -0.15) is 11.8 Å². The van der Waals surface area contributed by atoms with E-state index in [0.717, 1.165) is 17.9 Å². The molecule has 0 aliphatic rings. The van der Waals surface area contributed by atoms with E-state index >= 15 is 0 Å². The molecule has 1 rings (SSSR count). The van der Waals surface area contributed by atoms with Crippen molar-refractivity contribution in [3.8, 4) is 0 Å². The zero-order chi connectivity index (χ0) is 14.3. The highest BCUT2D eigenvalue weighted by molar-refractivity contribution is 7.99. The van der Waals surface area contributed by atoms with Gasteiger partial charge in [-0.05, 0) is 37.0 Å². The van der Waals surface area contributed by atoms with Gasteiger partial charge in [0, 0.05) is 29.2 Å². The van der Waals surface area contributed by atoms with Crippen molar-refractivity contribution in [3.05, 3.63) is 38.9 Å². The molecule has 6 heteroatoms. The molecule has 1 atom stereocenters. The number of hydrogen-bond donors (Lipinski definition) is 1. The van der Waals surface area contributed by atoms with Crippen LogP contribution in [-0.2, 0) is 6.54 Å². The number of halogens is 1. The summed E-state index contributed by atoms with van der Waals surface area (Å²) < 4.78 is 0. The maximum Gasteiger partial charge on any atom is 0.275 e. The molecule has 0 heterocycles. The number of nitrogens with zero attached hydrogens (tertiary/aromatic N) is 1. The Morgan fingerprint density at radius 1 is 1.53 bits per heavy atom. The highest BCUT2D eigenvalue weighted by atomic mass is 35.5. The molecule has 19 heavy (non-hydrogen) atoms. The van der Waals surface area contributed by atoms with Gasteiger partial charge in [-0.3, -0.25) is 10.1 Å². The molecule has 0 bridgehead atoms. The van der Waals surface area contributed by atoms with Gasteiger partial charge in [0.1, 0.15) is 0 Å². The molecule has 0 aromatic heterocycles. The number of nitro benzene ring substituents is 1. The van der Waals surface area contributed by atoms with Crippen LogP contribution in [0.5, 0.6) is 0 Å². The van der Waals surface area contributed by atoms with E-state index in [0.29, 0.717) is 23.2 Å². The molecule has 0 amide bonds. The number of nitrogens with one attached hydrogen (secondary N) is 1. The van der Waals surface area contributed by atoms with Crippen molar-refractivity contribution in [3.63, 3.8) is 0 Å². The van der Waals surface area contributed by atoms with Crippen molar-refractivity contribution in [2.24, 2.45) is 0 Å². The maximum absolute atomic E-state index is 10.9. The van der Waals surface area contributed by atoms with Crippen molar-refractivity contribution in [2.45, 2.75) is 32.9 Å². The van der Waals surface area contributed by atoms with E-state index in [-0.39, 0.29) is 10.6 Å². The third-order valence-electron chi connectivity index (χ3n) is 2.78. The largest absolute Gasteiger partial charge is 0.310 e. The van der Waals surface area contributed by atoms with Crippen LogP contribution in [0.15, 0.2) is 18.2 Å². The lowest BCUT2D eigenvalue weighted by Gasteiger charge is -2.13. The van der Waals surface area contributed by atoms with Gasteiger partial charge in [-0.1, -0.05) is 18.5 Å². The number of hydrogen-bond acceptors (Lipinski definition) is 4. The van der Waals surface area contributed by atoms with Gasteiger partial charge >= 0.3 is 0 Å². The molecule has 1 aromatic carbocycles. The Bertz CT molecular complexity index is 429. The fraction of sp³-hybridized carbons (Fsp3) is 0.538. The molecule has 0 saturated heterocycles. The SMILES string of the molecule is CCSCCC(C)NCc1ccc(Cl)cc1[N+](=O)[O-]. The van der Waals surface area contributed by atoms with Crippen molar-refractivity contribution in [1.82, 2.24) is 5.32 Å². The second kappa shape index (κ2) is 8.40. The fourth-order valence-corrected chi connectivity index (χ4v) is 2.62. The van der Waals surface area contributed by atoms with Crippen LogP contribution in [0.3, 0.4) is 0 Å². The minimum Gasteiger partial charge on any atom is -0.310 e. The standard InChI is InChI=1S/C13H19ClN2O2S/c1-3-19-7-6-10(2)15-9-11-4-5-12(14)8-13(11)16(17)18/h4-5,8,10,15H,3,6-7,9H2,1-2H3. The minimum atomic E-state index is -0.388. The van der Waals surface area contributed by atoms with Crippen LogP contribution < -0.4 is 5.32 Å². The van der Waals surface area contributed by atoms with E-state index in [1.54, 1.807) is 12.1 Å². The Hall–Kier alpha value is -0.780. The number of benzene rings is 1. The lowest BCUT2D eigenvalue weighted by Crippen LogP contribution is -2.26. The second-order valence-corrected chi connectivity index (χ2v) is 6.13. The van der Waals surface area contributed by atoms with Crippen LogP contribution in [-0.4, -0.2) is 22.5 Å². The monoisotopic (exact) mass is 302 g/mol. The zero-order valence-electron chi connectivity index (χ0n) is 11.2. The quantitative estimate of drug-likeness (QED) is 0.450. The van der Waals surface area contributed by atoms with Crippen molar-refractivity contribution >= 4 is 29.1 Å². The number of thioether (sulfide) groups is 1. The van der Waals surface area contributed by atoms with E-state index in [1.165, 1.54) is 6.07 Å². The predicted molar refractivity (Wildman–Crippen MR) is 82.0 cm³/mol. The summed E-state index contributed by atoms with van der Waals surface area (Å²) in [6.07, 6.45) is 1.06. The van der Waals surface area contributed by atoms with Gasteiger partial charge in [0.25, 0.3) is 5.69 Å². The molecule has 0 aliphatic carbocycles. The molecule has 1 N–H and O–H groups in total. The lowest BCUT2D eigenvalue weighted by molar-refractivity contribution is -0.385. The summed E-state index contributed by atoms with van der Waals surface area (Å²) in [5.41, 5.74) is 0.750. The van der Waals surface area contributed by atoms with Crippen LogP contribution >= 0.6 is 23.4 Å². The van der Waals surface area contributed by atoms with Crippen LogP contribution in [0.2, 0.25) is 5.02 Å². The molecular weight excluding hydrogens is 284 g/mol. The summed E-state index contributed by atoms with van der Waals surface area (Å²) in [6, 6.07) is 5.13. The van der Waals surface area contributed by atoms with E-state index in [9.17, 15) is 10.1 Å². The first-order valence-electron chi connectivity index (χ1n) is 6.28. The average Bonchev–Trinajstić information content (AvgIpc) is 2.37. The first-order valence-corrected chi connectivity index (χ1v) is 7.81. The summed E-state index contributed by atoms with van der Waals surface area (Å²) in [4.78, 5) is 10.6. The maximum atomic E-state index is 10.9. The smallest absolute Gasteiger partial charge is 0.275 e. The Balaban J connectivity index is 2.55. The van der Waals surface area contributed by atoms with Crippen LogP contribution in [0.4, 0.5) is 5.69 Å². The first-order chi connectivity index (χ1) is 9.04. The summed E-state index contributed by atoms with van der Waals surface area (Å²) in [5.74, 6) is 2.22. The lowest BCUT2D eigenvalue weighted by atomic mass is 10.1. The van der Waals surface area contributed by atoms with Gasteiger partial charge in [-0.15, -0.1) is 0 Å². The second-order valence-electron chi connectivity index (χ2n) is 4.30. The van der Waals surface area contributed by atoms with Crippen LogP contribution in [0, 0.1) is 10.1 Å². The topological polar surface area (TPSA) is 55.2 Å². The third-order valence-corrected chi connectivity index (χ3v) is 3.95. The Morgan fingerprint density at radius 2 is 2.26 bits per heavy atom. The van der Waals surface area contributed by atoms with Crippen molar-refractivity contribution in [1.29, 1.82) is 0 Å². The predicted octanol–water partition coefficient (Wildman–Crippen LogP) is 3.87. The number of rotatable bonds is 8. The molecule has 0 spiro atoms. The van der Waals surface area contributed by atoms with Gasteiger partial charge in [0.15, 0.2) is 0 Å². The van der Waals surface area contributed by atoms with Crippen molar-refractivity contribution < 1.29 is 4.92 Å². The molecule has 0 radical (unpaired) electrons. The van der Waals surface area contributed by atoms with Crippen LogP contribution in [0.1, 0.15) is 25.8 Å². The molecular formula is C13H19ClN2O2S. The summed E-state index contributed by atoms with van der Waals surface area (Å²) in [7, 11) is 0. The molecule has 4 nitrogen and oxygen atoms in total. The Morgan fingerprint density at radius 3 is 2.89 bits per heavy atom. The van der Waals surface area contributed by atoms with Crippen LogP contribution in [0.25, 0.3) is 0 Å². The normalized spacial score (nSPS) is 12.4. The molecule has 1 unspecified atom stereocenters. The Kier molecular flexibility index (Phi) is 7.20. The molecule has 0 aliphatic heterocycles. The van der Waals surface area contributed by atoms with Gasteiger partial charge in [-0.25, -0.2) is 0 Å². The molecule has 1 aromatic rings. The first kappa shape index (κ1) is 16.3. The van der Waals surface area contributed by atoms with Gasteiger partial charge in [0.2, 0.25) is 0 Å². The van der Waals surface area contributed by atoms with Gasteiger partial charge in [0.05, 0.1) is 4.92 Å². The van der Waals surface area contributed by atoms with E-state index < -0.39 is 0 Å². The van der Waals surface area contributed by atoms with E-state index in [2.05, 4.69) is 19.2 Å². The minimum absolute atomic E-state index is 0.0788. The molecule has 0 saturated carbocycles. The number of nitro groups is 1. The highest BCUT2D eigenvalue weighted by Gasteiger charge is 2.14. The average molecular weight is 303 g/mol.